The standard InChI is InChI=1S/C36H43N5O4S/c1-8-43-28-14-12-11-13-27(28)38-33(42)31-23(4)37-34-39-35(46-10-3)40-41(34)32(31)25-17-20-29(30(21-25)44-9-2)45-22-24-15-18-26(19-16-24)36(5,6)7/h11-21,32H,8-10,22H2,1-7H3,(H,38,42)(H,37,39,40). The molecule has 0 fully saturated rings. The number of carbonyl (C=O) groups is 1. The number of hydrogen-bond acceptors (Lipinski definition) is 8. The van der Waals surface area contributed by atoms with E-state index in [-0.39, 0.29) is 11.3 Å². The highest BCUT2D eigenvalue weighted by molar-refractivity contribution is 7.99. The van der Waals surface area contributed by atoms with E-state index in [9.17, 15) is 4.79 Å². The Morgan fingerprint density at radius 1 is 0.935 bits per heavy atom. The second kappa shape index (κ2) is 14.3. The molecule has 242 valence electrons. The fourth-order valence-corrected chi connectivity index (χ4v) is 5.86. The zero-order valence-corrected chi connectivity index (χ0v) is 28.5. The number of thioether (sulfide) groups is 1. The van der Waals surface area contributed by atoms with Crippen molar-refractivity contribution in [3.63, 3.8) is 0 Å². The van der Waals surface area contributed by atoms with Crippen molar-refractivity contribution in [2.75, 3.05) is 29.6 Å². The maximum absolute atomic E-state index is 14.1. The number of nitrogens with one attached hydrogen (secondary N) is 2. The van der Waals surface area contributed by atoms with Gasteiger partial charge in [0.25, 0.3) is 5.91 Å². The molecule has 2 heterocycles. The molecule has 0 radical (unpaired) electrons. The van der Waals surface area contributed by atoms with E-state index in [1.54, 1.807) is 16.4 Å². The summed E-state index contributed by atoms with van der Waals surface area (Å²) >= 11 is 1.54. The smallest absolute Gasteiger partial charge is 0.255 e. The fourth-order valence-electron chi connectivity index (χ4n) is 5.31. The van der Waals surface area contributed by atoms with E-state index in [4.69, 9.17) is 24.3 Å². The number of hydrogen-bond donors (Lipinski definition) is 2. The number of para-hydroxylation sites is 2. The quantitative estimate of drug-likeness (QED) is 0.150. The van der Waals surface area contributed by atoms with Gasteiger partial charge in [0.05, 0.1) is 24.5 Å². The summed E-state index contributed by atoms with van der Waals surface area (Å²) in [6.07, 6.45) is 0. The Morgan fingerprint density at radius 2 is 1.65 bits per heavy atom. The molecular weight excluding hydrogens is 598 g/mol. The highest BCUT2D eigenvalue weighted by Crippen LogP contribution is 2.40. The third-order valence-corrected chi connectivity index (χ3v) is 8.30. The van der Waals surface area contributed by atoms with E-state index in [0.29, 0.717) is 65.1 Å². The summed E-state index contributed by atoms with van der Waals surface area (Å²) in [4.78, 5) is 18.8. The lowest BCUT2D eigenvalue weighted by Gasteiger charge is -2.29. The van der Waals surface area contributed by atoms with Crippen molar-refractivity contribution in [2.24, 2.45) is 0 Å². The Bertz CT molecular complexity index is 1710. The second-order valence-corrected chi connectivity index (χ2v) is 13.2. The maximum atomic E-state index is 14.1. The Morgan fingerprint density at radius 3 is 2.35 bits per heavy atom. The van der Waals surface area contributed by atoms with Crippen LogP contribution in [0.25, 0.3) is 0 Å². The Labute approximate surface area is 275 Å². The Balaban J connectivity index is 1.49. The molecule has 0 spiro atoms. The highest BCUT2D eigenvalue weighted by Gasteiger charge is 2.35. The van der Waals surface area contributed by atoms with E-state index in [0.717, 1.165) is 16.9 Å². The number of aromatic nitrogens is 3. The summed E-state index contributed by atoms with van der Waals surface area (Å²) in [7, 11) is 0. The number of fused-ring (bicyclic) bond motifs is 1. The molecule has 3 aromatic carbocycles. The molecule has 0 saturated carbocycles. The first-order valence-electron chi connectivity index (χ1n) is 15.7. The molecule has 46 heavy (non-hydrogen) atoms. The van der Waals surface area contributed by atoms with Crippen molar-refractivity contribution < 1.29 is 19.0 Å². The number of allylic oxidation sites excluding steroid dienone is 1. The summed E-state index contributed by atoms with van der Waals surface area (Å²) < 4.78 is 19.9. The minimum absolute atomic E-state index is 0.0845. The zero-order valence-electron chi connectivity index (χ0n) is 27.6. The van der Waals surface area contributed by atoms with Gasteiger partial charge in [-0.3, -0.25) is 4.79 Å². The predicted octanol–water partition coefficient (Wildman–Crippen LogP) is 7.99. The van der Waals surface area contributed by atoms with Gasteiger partial charge in [-0.05, 0) is 72.9 Å². The topological polar surface area (TPSA) is 99.5 Å². The van der Waals surface area contributed by atoms with Gasteiger partial charge < -0.3 is 24.8 Å². The van der Waals surface area contributed by atoms with Crippen molar-refractivity contribution in [1.29, 1.82) is 0 Å². The van der Waals surface area contributed by atoms with E-state index in [1.165, 1.54) is 5.56 Å². The molecule has 1 amide bonds. The largest absolute Gasteiger partial charge is 0.492 e. The molecule has 10 heteroatoms. The van der Waals surface area contributed by atoms with Crippen molar-refractivity contribution >= 4 is 29.3 Å². The van der Waals surface area contributed by atoms with Crippen LogP contribution in [0.5, 0.6) is 17.2 Å². The van der Waals surface area contributed by atoms with Crippen LogP contribution in [0.1, 0.15) is 71.2 Å². The SMILES string of the molecule is CCOc1ccccc1NC(=O)C1=C(C)Nc2nc(SCC)nn2C1c1ccc(OCc2ccc(C(C)(C)C)cc2)c(OCC)c1. The van der Waals surface area contributed by atoms with Crippen LogP contribution >= 0.6 is 11.8 Å². The summed E-state index contributed by atoms with van der Waals surface area (Å²) in [5.41, 5.74) is 5.02. The summed E-state index contributed by atoms with van der Waals surface area (Å²) in [6.45, 7) is 15.7. The average molecular weight is 642 g/mol. The molecule has 0 bridgehead atoms. The van der Waals surface area contributed by atoms with Crippen molar-refractivity contribution in [1.82, 2.24) is 14.8 Å². The lowest BCUT2D eigenvalue weighted by Crippen LogP contribution is -2.31. The minimum atomic E-state index is -0.576. The lowest BCUT2D eigenvalue weighted by atomic mass is 9.87. The molecule has 5 rings (SSSR count). The third kappa shape index (κ3) is 7.33. The molecule has 4 aromatic rings. The number of carbonyl (C=O) groups excluding carboxylic acids is 1. The minimum Gasteiger partial charge on any atom is -0.492 e. The van der Waals surface area contributed by atoms with E-state index >= 15 is 0 Å². The van der Waals surface area contributed by atoms with Crippen LogP contribution in [0.3, 0.4) is 0 Å². The third-order valence-electron chi connectivity index (χ3n) is 7.58. The first kappa shape index (κ1) is 32.9. The van der Waals surface area contributed by atoms with Gasteiger partial charge in [-0.2, -0.15) is 4.98 Å². The predicted molar refractivity (Wildman–Crippen MR) is 184 cm³/mol. The molecule has 1 unspecified atom stereocenters. The van der Waals surface area contributed by atoms with Crippen LogP contribution in [-0.4, -0.2) is 39.6 Å². The number of anilines is 2. The lowest BCUT2D eigenvalue weighted by molar-refractivity contribution is -0.113. The fraction of sp³-hybridized carbons (Fsp3) is 0.361. The molecule has 1 aliphatic rings. The first-order chi connectivity index (χ1) is 22.1. The van der Waals surface area contributed by atoms with Crippen molar-refractivity contribution in [3.05, 3.63) is 94.7 Å². The van der Waals surface area contributed by atoms with Crippen LogP contribution in [0.15, 0.2) is 83.2 Å². The summed E-state index contributed by atoms with van der Waals surface area (Å²) in [5, 5.41) is 11.8. The van der Waals surface area contributed by atoms with Gasteiger partial charge in [0.2, 0.25) is 11.1 Å². The molecule has 1 atom stereocenters. The maximum Gasteiger partial charge on any atom is 0.255 e. The van der Waals surface area contributed by atoms with E-state index in [2.05, 4.69) is 62.6 Å². The molecule has 1 aliphatic heterocycles. The van der Waals surface area contributed by atoms with Gasteiger partial charge in [-0.15, -0.1) is 5.10 Å². The van der Waals surface area contributed by atoms with Gasteiger partial charge in [-0.25, -0.2) is 4.68 Å². The molecule has 0 saturated heterocycles. The van der Waals surface area contributed by atoms with Gasteiger partial charge in [0, 0.05) is 5.70 Å². The highest BCUT2D eigenvalue weighted by atomic mass is 32.2. The molecular formula is C36H43N5O4S. The van der Waals surface area contributed by atoms with Gasteiger partial charge in [-0.1, -0.05) is 81.9 Å². The first-order valence-corrected chi connectivity index (χ1v) is 16.7. The van der Waals surface area contributed by atoms with Crippen LogP contribution in [-0.2, 0) is 16.8 Å². The van der Waals surface area contributed by atoms with Crippen LogP contribution < -0.4 is 24.8 Å². The number of rotatable bonds is 12. The van der Waals surface area contributed by atoms with Gasteiger partial charge in [0.15, 0.2) is 11.5 Å². The van der Waals surface area contributed by atoms with Gasteiger partial charge in [0.1, 0.15) is 18.4 Å². The molecule has 0 aliphatic carbocycles. The molecule has 1 aromatic heterocycles. The number of amides is 1. The van der Waals surface area contributed by atoms with E-state index < -0.39 is 6.04 Å². The molecule has 2 N–H and O–H groups in total. The average Bonchev–Trinajstić information content (AvgIpc) is 3.42. The number of benzene rings is 3. The van der Waals surface area contributed by atoms with Crippen molar-refractivity contribution in [3.8, 4) is 17.2 Å². The summed E-state index contributed by atoms with van der Waals surface area (Å²) in [5.74, 6) is 2.94. The zero-order chi connectivity index (χ0) is 32.8. The molecule has 9 nitrogen and oxygen atoms in total. The van der Waals surface area contributed by atoms with E-state index in [1.807, 2.05) is 63.2 Å². The Hall–Kier alpha value is -4.44. The normalized spacial score (nSPS) is 14.4. The van der Waals surface area contributed by atoms with Crippen LogP contribution in [0.4, 0.5) is 11.6 Å². The van der Waals surface area contributed by atoms with Crippen molar-refractivity contribution in [2.45, 2.75) is 71.7 Å². The Kier molecular flexibility index (Phi) is 10.3. The van der Waals surface area contributed by atoms with Crippen LogP contribution in [0, 0.1) is 0 Å². The number of nitrogens with zero attached hydrogens (tertiary/aromatic N) is 3. The second-order valence-electron chi connectivity index (χ2n) is 11.9. The summed E-state index contributed by atoms with van der Waals surface area (Å²) in [6, 6.07) is 21.1. The van der Waals surface area contributed by atoms with Crippen LogP contribution in [0.2, 0.25) is 0 Å². The number of ether oxygens (including phenoxy) is 3. The van der Waals surface area contributed by atoms with Gasteiger partial charge >= 0.3 is 0 Å². The monoisotopic (exact) mass is 641 g/mol.